The molecule has 118 valence electrons. The van der Waals surface area contributed by atoms with E-state index in [-0.39, 0.29) is 12.1 Å². The Hall–Kier alpha value is -2.52. The average molecular weight is 314 g/mol. The highest BCUT2D eigenvalue weighted by Crippen LogP contribution is 2.33. The Bertz CT molecular complexity index is 739. The molecular formula is C17H16F2N4. The maximum absolute atomic E-state index is 13.5. The Kier molecular flexibility index (Phi) is 4.22. The molecule has 1 aliphatic heterocycles. The zero-order valence-electron chi connectivity index (χ0n) is 12.6. The molecule has 4 nitrogen and oxygen atoms in total. The molecule has 2 atom stereocenters. The first kappa shape index (κ1) is 15.4. The van der Waals surface area contributed by atoms with Crippen LogP contribution >= 0.6 is 0 Å². The molecule has 0 spiro atoms. The number of pyridine rings is 1. The van der Waals surface area contributed by atoms with Crippen LogP contribution in [0.4, 0.5) is 14.6 Å². The number of anilines is 1. The quantitative estimate of drug-likeness (QED) is 0.946. The van der Waals surface area contributed by atoms with Crippen LogP contribution < -0.4 is 5.32 Å². The fourth-order valence-corrected chi connectivity index (χ4v) is 3.02. The third kappa shape index (κ3) is 3.15. The van der Waals surface area contributed by atoms with E-state index in [9.17, 15) is 8.78 Å². The van der Waals surface area contributed by atoms with Gasteiger partial charge < -0.3 is 5.32 Å². The van der Waals surface area contributed by atoms with E-state index in [0.717, 1.165) is 24.6 Å². The van der Waals surface area contributed by atoms with E-state index in [4.69, 9.17) is 5.26 Å². The molecule has 0 saturated carbocycles. The molecule has 1 fully saturated rings. The van der Waals surface area contributed by atoms with Crippen molar-refractivity contribution in [3.05, 3.63) is 59.3 Å². The average Bonchev–Trinajstić information content (AvgIpc) is 2.91. The molecule has 0 amide bonds. The van der Waals surface area contributed by atoms with Gasteiger partial charge in [0, 0.05) is 18.8 Å². The third-order valence-electron chi connectivity index (χ3n) is 4.16. The van der Waals surface area contributed by atoms with Crippen LogP contribution in [0.1, 0.15) is 23.6 Å². The lowest BCUT2D eigenvalue weighted by molar-refractivity contribution is 0.307. The lowest BCUT2D eigenvalue weighted by Gasteiger charge is -2.26. The van der Waals surface area contributed by atoms with E-state index in [2.05, 4.69) is 15.2 Å². The Morgan fingerprint density at radius 3 is 2.74 bits per heavy atom. The minimum absolute atomic E-state index is 0.0327. The molecule has 1 aliphatic rings. The molecule has 2 heterocycles. The van der Waals surface area contributed by atoms with Gasteiger partial charge in [0.1, 0.15) is 11.9 Å². The van der Waals surface area contributed by atoms with Crippen LogP contribution in [0, 0.1) is 23.0 Å². The van der Waals surface area contributed by atoms with Crippen molar-refractivity contribution < 1.29 is 8.78 Å². The second kappa shape index (κ2) is 6.31. The summed E-state index contributed by atoms with van der Waals surface area (Å²) in [6, 6.07) is 9.47. The van der Waals surface area contributed by atoms with Gasteiger partial charge in [0.15, 0.2) is 11.6 Å². The largest absolute Gasteiger partial charge is 0.365 e. The number of nitrogens with one attached hydrogen (secondary N) is 1. The third-order valence-corrected chi connectivity index (χ3v) is 4.16. The lowest BCUT2D eigenvalue weighted by atomic mass is 10.00. The highest BCUT2D eigenvalue weighted by molar-refractivity contribution is 5.41. The van der Waals surface area contributed by atoms with E-state index >= 15 is 0 Å². The van der Waals surface area contributed by atoms with Crippen molar-refractivity contribution in [1.82, 2.24) is 9.88 Å². The highest BCUT2D eigenvalue weighted by Gasteiger charge is 2.33. The first-order valence-electron chi connectivity index (χ1n) is 7.36. The molecule has 2 unspecified atom stereocenters. The molecule has 1 aromatic carbocycles. The standard InChI is InChI=1S/C17H16F2N4/c1-23-7-6-15(22-16-5-2-11(9-20)10-21-16)17(23)12-3-4-13(18)14(19)8-12/h2-5,8,10,15,17H,6-7H2,1H3,(H,21,22). The summed E-state index contributed by atoms with van der Waals surface area (Å²) in [6.45, 7) is 0.845. The molecule has 6 heteroatoms. The van der Waals surface area contributed by atoms with Gasteiger partial charge in [0.2, 0.25) is 0 Å². The minimum Gasteiger partial charge on any atom is -0.365 e. The summed E-state index contributed by atoms with van der Waals surface area (Å²) in [7, 11) is 1.96. The zero-order chi connectivity index (χ0) is 16.4. The van der Waals surface area contributed by atoms with Gasteiger partial charge in [-0.3, -0.25) is 4.90 Å². The number of benzene rings is 1. The number of rotatable bonds is 3. The molecule has 23 heavy (non-hydrogen) atoms. The smallest absolute Gasteiger partial charge is 0.159 e. The van der Waals surface area contributed by atoms with Crippen molar-refractivity contribution >= 4 is 5.82 Å². The van der Waals surface area contributed by atoms with Crippen LogP contribution in [-0.4, -0.2) is 29.5 Å². The predicted octanol–water partition coefficient (Wildman–Crippen LogP) is 3.09. The second-order valence-corrected chi connectivity index (χ2v) is 5.68. The number of nitriles is 1. The van der Waals surface area contributed by atoms with Crippen LogP contribution in [-0.2, 0) is 0 Å². The van der Waals surface area contributed by atoms with Crippen molar-refractivity contribution in [2.45, 2.75) is 18.5 Å². The summed E-state index contributed by atoms with van der Waals surface area (Å²) >= 11 is 0. The van der Waals surface area contributed by atoms with Crippen LogP contribution in [0.5, 0.6) is 0 Å². The number of aromatic nitrogens is 1. The number of likely N-dealkylation sites (N-methyl/N-ethyl adjacent to an activating group) is 1. The van der Waals surface area contributed by atoms with Gasteiger partial charge in [0.25, 0.3) is 0 Å². The van der Waals surface area contributed by atoms with Crippen molar-refractivity contribution in [3.8, 4) is 6.07 Å². The number of likely N-dealkylation sites (tertiary alicyclic amines) is 1. The summed E-state index contributed by atoms with van der Waals surface area (Å²) in [4.78, 5) is 6.32. The molecule has 1 aromatic heterocycles. The summed E-state index contributed by atoms with van der Waals surface area (Å²) in [5.74, 6) is -1.01. The van der Waals surface area contributed by atoms with Crippen LogP contribution in [0.2, 0.25) is 0 Å². The number of hydrogen-bond acceptors (Lipinski definition) is 4. The lowest BCUT2D eigenvalue weighted by Crippen LogP contribution is -2.29. The maximum atomic E-state index is 13.5. The second-order valence-electron chi connectivity index (χ2n) is 5.68. The van der Waals surface area contributed by atoms with Gasteiger partial charge in [-0.05, 0) is 43.3 Å². The van der Waals surface area contributed by atoms with Crippen LogP contribution in [0.15, 0.2) is 36.5 Å². The van der Waals surface area contributed by atoms with Crippen molar-refractivity contribution in [1.29, 1.82) is 5.26 Å². The molecule has 1 N–H and O–H groups in total. The van der Waals surface area contributed by atoms with Gasteiger partial charge in [0.05, 0.1) is 11.6 Å². The maximum Gasteiger partial charge on any atom is 0.159 e. The molecule has 1 saturated heterocycles. The summed E-state index contributed by atoms with van der Waals surface area (Å²) in [5, 5.41) is 12.1. The summed E-state index contributed by atoms with van der Waals surface area (Å²) in [6.07, 6.45) is 2.37. The molecule has 3 rings (SSSR count). The van der Waals surface area contributed by atoms with E-state index in [1.165, 1.54) is 12.3 Å². The SMILES string of the molecule is CN1CCC(Nc2ccc(C#N)cn2)C1c1ccc(F)c(F)c1. The van der Waals surface area contributed by atoms with Gasteiger partial charge in [-0.2, -0.15) is 5.26 Å². The van der Waals surface area contributed by atoms with Gasteiger partial charge in [-0.15, -0.1) is 0 Å². The fourth-order valence-electron chi connectivity index (χ4n) is 3.02. The summed E-state index contributed by atoms with van der Waals surface area (Å²) in [5.41, 5.74) is 1.23. The predicted molar refractivity (Wildman–Crippen MR) is 82.7 cm³/mol. The van der Waals surface area contributed by atoms with Crippen molar-refractivity contribution in [2.75, 3.05) is 18.9 Å². The van der Waals surface area contributed by atoms with Gasteiger partial charge in [-0.25, -0.2) is 13.8 Å². The summed E-state index contributed by atoms with van der Waals surface area (Å²) < 4.78 is 26.7. The Balaban J connectivity index is 1.82. The van der Waals surface area contributed by atoms with Crippen molar-refractivity contribution in [2.24, 2.45) is 0 Å². The van der Waals surface area contributed by atoms with Gasteiger partial charge >= 0.3 is 0 Å². The topological polar surface area (TPSA) is 52.0 Å². The highest BCUT2D eigenvalue weighted by atomic mass is 19.2. The first-order valence-corrected chi connectivity index (χ1v) is 7.36. The van der Waals surface area contributed by atoms with Crippen molar-refractivity contribution in [3.63, 3.8) is 0 Å². The molecule has 0 bridgehead atoms. The number of nitrogens with zero attached hydrogens (tertiary/aromatic N) is 3. The fraction of sp³-hybridized carbons (Fsp3) is 0.294. The van der Waals surface area contributed by atoms with Crippen LogP contribution in [0.3, 0.4) is 0 Å². The minimum atomic E-state index is -0.840. The van der Waals surface area contributed by atoms with Crippen LogP contribution in [0.25, 0.3) is 0 Å². The molecule has 2 aromatic rings. The van der Waals surface area contributed by atoms with Gasteiger partial charge in [-0.1, -0.05) is 6.07 Å². The van der Waals surface area contributed by atoms with E-state index in [0.29, 0.717) is 11.4 Å². The first-order chi connectivity index (χ1) is 11.1. The number of halogens is 2. The molecular weight excluding hydrogens is 298 g/mol. The van der Waals surface area contributed by atoms with E-state index in [1.54, 1.807) is 18.2 Å². The van der Waals surface area contributed by atoms with E-state index in [1.807, 2.05) is 13.1 Å². The molecule has 0 aliphatic carbocycles. The zero-order valence-corrected chi connectivity index (χ0v) is 12.6. The Morgan fingerprint density at radius 2 is 2.09 bits per heavy atom. The number of hydrogen-bond donors (Lipinski definition) is 1. The Labute approximate surface area is 133 Å². The monoisotopic (exact) mass is 314 g/mol. The molecule has 0 radical (unpaired) electrons. The Morgan fingerprint density at radius 1 is 1.26 bits per heavy atom. The normalized spacial score (nSPS) is 21.1. The van der Waals surface area contributed by atoms with E-state index < -0.39 is 11.6 Å².